The third-order valence-electron chi connectivity index (χ3n) is 2.34. The van der Waals surface area contributed by atoms with Gasteiger partial charge in [-0.2, -0.15) is 0 Å². The molecule has 2 heteroatoms. The molecule has 0 N–H and O–H groups in total. The molecule has 76 valence electrons. The molecule has 0 fully saturated rings. The van der Waals surface area contributed by atoms with Gasteiger partial charge in [-0.1, -0.05) is 41.4 Å². The number of nitrogens with zero attached hydrogens (tertiary/aromatic N) is 1. The van der Waals surface area contributed by atoms with E-state index in [2.05, 4.69) is 35.8 Å². The number of halogens is 1. The zero-order chi connectivity index (χ0) is 10.7. The number of hydrogen-bond acceptors (Lipinski definition) is 0. The van der Waals surface area contributed by atoms with E-state index < -0.39 is 0 Å². The van der Waals surface area contributed by atoms with E-state index in [-0.39, 0.29) is 0 Å². The number of aryl methyl sites for hydroxylation is 1. The van der Waals surface area contributed by atoms with E-state index in [0.29, 0.717) is 0 Å². The molecule has 0 aliphatic carbocycles. The molecule has 0 radical (unpaired) electrons. The standard InChI is InChI=1S/C13H13ClN/c1-11-2-4-12(5-3-11)10-15-8-6-13(14)7-9-15/h2-9H,10H2,1H3/q+1. The molecule has 0 aliphatic rings. The fraction of sp³-hybridized carbons (Fsp3) is 0.154. The molecule has 0 atom stereocenters. The van der Waals surface area contributed by atoms with Gasteiger partial charge < -0.3 is 0 Å². The largest absolute Gasteiger partial charge is 0.201 e. The Morgan fingerprint density at radius 1 is 1.00 bits per heavy atom. The molecule has 1 nitrogen and oxygen atoms in total. The van der Waals surface area contributed by atoms with Crippen molar-refractivity contribution in [3.8, 4) is 0 Å². The lowest BCUT2D eigenvalue weighted by Crippen LogP contribution is -2.32. The fourth-order valence-corrected chi connectivity index (χ4v) is 1.56. The summed E-state index contributed by atoms with van der Waals surface area (Å²) in [5.41, 5.74) is 2.59. The first kappa shape index (κ1) is 10.2. The van der Waals surface area contributed by atoms with Crippen molar-refractivity contribution in [1.29, 1.82) is 0 Å². The van der Waals surface area contributed by atoms with Crippen molar-refractivity contribution in [1.82, 2.24) is 0 Å². The number of benzene rings is 1. The molecule has 1 aromatic carbocycles. The highest BCUT2D eigenvalue weighted by Gasteiger charge is 2.01. The molecular weight excluding hydrogens is 206 g/mol. The van der Waals surface area contributed by atoms with Gasteiger partial charge in [0.05, 0.1) is 5.02 Å². The molecule has 0 saturated heterocycles. The van der Waals surface area contributed by atoms with Crippen LogP contribution in [0.5, 0.6) is 0 Å². The predicted octanol–water partition coefficient (Wildman–Crippen LogP) is 2.98. The molecule has 1 heterocycles. The van der Waals surface area contributed by atoms with Crippen molar-refractivity contribution in [2.45, 2.75) is 13.5 Å². The molecule has 0 spiro atoms. The van der Waals surface area contributed by atoms with Crippen molar-refractivity contribution < 1.29 is 4.57 Å². The highest BCUT2D eigenvalue weighted by Crippen LogP contribution is 2.04. The summed E-state index contributed by atoms with van der Waals surface area (Å²) in [6.07, 6.45) is 3.98. The van der Waals surface area contributed by atoms with Crippen molar-refractivity contribution in [3.63, 3.8) is 0 Å². The zero-order valence-electron chi connectivity index (χ0n) is 8.65. The van der Waals surface area contributed by atoms with Gasteiger partial charge in [0, 0.05) is 17.7 Å². The summed E-state index contributed by atoms with van der Waals surface area (Å²) in [7, 11) is 0. The van der Waals surface area contributed by atoms with Crippen LogP contribution in [0, 0.1) is 6.92 Å². The summed E-state index contributed by atoms with van der Waals surface area (Å²) in [5, 5.41) is 0.773. The highest BCUT2D eigenvalue weighted by molar-refractivity contribution is 6.30. The maximum absolute atomic E-state index is 5.82. The number of pyridine rings is 1. The van der Waals surface area contributed by atoms with Crippen LogP contribution in [0.3, 0.4) is 0 Å². The quantitative estimate of drug-likeness (QED) is 0.683. The van der Waals surface area contributed by atoms with Gasteiger partial charge in [-0.15, -0.1) is 0 Å². The number of rotatable bonds is 2. The molecule has 2 rings (SSSR count). The summed E-state index contributed by atoms with van der Waals surface area (Å²) in [4.78, 5) is 0. The van der Waals surface area contributed by atoms with E-state index in [0.717, 1.165) is 11.6 Å². The monoisotopic (exact) mass is 218 g/mol. The fourth-order valence-electron chi connectivity index (χ4n) is 1.45. The third-order valence-corrected chi connectivity index (χ3v) is 2.59. The molecule has 2 aromatic rings. The van der Waals surface area contributed by atoms with Crippen molar-refractivity contribution >= 4 is 11.6 Å². The van der Waals surface area contributed by atoms with E-state index in [9.17, 15) is 0 Å². The van der Waals surface area contributed by atoms with Gasteiger partial charge in [-0.25, -0.2) is 4.57 Å². The minimum absolute atomic E-state index is 0.773. The van der Waals surface area contributed by atoms with Gasteiger partial charge in [0.1, 0.15) is 0 Å². The summed E-state index contributed by atoms with van der Waals surface area (Å²) in [6.45, 7) is 2.98. The summed E-state index contributed by atoms with van der Waals surface area (Å²) in [6, 6.07) is 12.4. The van der Waals surface area contributed by atoms with Gasteiger partial charge in [0.2, 0.25) is 0 Å². The van der Waals surface area contributed by atoms with Gasteiger partial charge in [0.25, 0.3) is 0 Å². The Labute approximate surface area is 95.0 Å². The molecule has 0 aliphatic heterocycles. The maximum Gasteiger partial charge on any atom is 0.173 e. The van der Waals surface area contributed by atoms with Crippen LogP contribution >= 0.6 is 11.6 Å². The van der Waals surface area contributed by atoms with Crippen LogP contribution in [0.15, 0.2) is 48.8 Å². The Hall–Kier alpha value is -1.34. The first-order valence-corrected chi connectivity index (χ1v) is 5.32. The van der Waals surface area contributed by atoms with Crippen LogP contribution in [0.25, 0.3) is 0 Å². The Kier molecular flexibility index (Phi) is 3.02. The van der Waals surface area contributed by atoms with Crippen LogP contribution in [0.1, 0.15) is 11.1 Å². The second-order valence-corrected chi connectivity index (χ2v) is 4.11. The van der Waals surface area contributed by atoms with E-state index in [1.807, 2.05) is 24.5 Å². The lowest BCUT2D eigenvalue weighted by Gasteiger charge is -1.98. The first-order valence-electron chi connectivity index (χ1n) is 4.94. The van der Waals surface area contributed by atoms with Crippen LogP contribution in [0.2, 0.25) is 5.02 Å². The van der Waals surface area contributed by atoms with Gasteiger partial charge in [-0.3, -0.25) is 0 Å². The molecule has 15 heavy (non-hydrogen) atoms. The smallest absolute Gasteiger partial charge is 0.173 e. The van der Waals surface area contributed by atoms with Crippen LogP contribution in [-0.4, -0.2) is 0 Å². The van der Waals surface area contributed by atoms with Crippen LogP contribution in [-0.2, 0) is 6.54 Å². The maximum atomic E-state index is 5.82. The van der Waals surface area contributed by atoms with Gasteiger partial charge in [-0.05, 0) is 6.92 Å². The van der Waals surface area contributed by atoms with E-state index in [4.69, 9.17) is 11.6 Å². The van der Waals surface area contributed by atoms with E-state index in [1.54, 1.807) is 0 Å². The molecule has 0 saturated carbocycles. The van der Waals surface area contributed by atoms with Crippen molar-refractivity contribution in [2.24, 2.45) is 0 Å². The Morgan fingerprint density at radius 3 is 2.20 bits per heavy atom. The lowest BCUT2D eigenvalue weighted by atomic mass is 10.1. The SMILES string of the molecule is Cc1ccc(C[n+]2ccc(Cl)cc2)cc1. The average molecular weight is 219 g/mol. The highest BCUT2D eigenvalue weighted by atomic mass is 35.5. The Bertz CT molecular complexity index is 388. The normalized spacial score (nSPS) is 10.3. The molecule has 0 unspecified atom stereocenters. The molecular formula is C13H13ClN+. The second-order valence-electron chi connectivity index (χ2n) is 3.67. The number of hydrogen-bond donors (Lipinski definition) is 0. The average Bonchev–Trinajstić information content (AvgIpc) is 2.25. The molecule has 0 bridgehead atoms. The van der Waals surface area contributed by atoms with E-state index in [1.165, 1.54) is 11.1 Å². The Morgan fingerprint density at radius 2 is 1.60 bits per heavy atom. The minimum Gasteiger partial charge on any atom is -0.201 e. The Balaban J connectivity index is 2.15. The lowest BCUT2D eigenvalue weighted by molar-refractivity contribution is -0.688. The second kappa shape index (κ2) is 4.45. The number of aromatic nitrogens is 1. The van der Waals surface area contributed by atoms with Gasteiger partial charge in [0.15, 0.2) is 18.9 Å². The van der Waals surface area contributed by atoms with Crippen LogP contribution in [0.4, 0.5) is 0 Å². The summed E-state index contributed by atoms with van der Waals surface area (Å²) in [5.74, 6) is 0. The topological polar surface area (TPSA) is 3.88 Å². The minimum atomic E-state index is 0.773. The molecule has 0 amide bonds. The predicted molar refractivity (Wildman–Crippen MR) is 61.9 cm³/mol. The van der Waals surface area contributed by atoms with Crippen LogP contribution < -0.4 is 4.57 Å². The van der Waals surface area contributed by atoms with Gasteiger partial charge >= 0.3 is 0 Å². The first-order chi connectivity index (χ1) is 7.24. The van der Waals surface area contributed by atoms with E-state index >= 15 is 0 Å². The third kappa shape index (κ3) is 2.80. The van der Waals surface area contributed by atoms with Crippen molar-refractivity contribution in [3.05, 3.63) is 64.9 Å². The molecule has 1 aromatic heterocycles. The summed E-state index contributed by atoms with van der Waals surface area (Å²) >= 11 is 5.82. The summed E-state index contributed by atoms with van der Waals surface area (Å²) < 4.78 is 2.11. The zero-order valence-corrected chi connectivity index (χ0v) is 9.41. The van der Waals surface area contributed by atoms with Crippen molar-refractivity contribution in [2.75, 3.05) is 0 Å².